The molecule has 2 aromatic carbocycles. The highest BCUT2D eigenvalue weighted by Crippen LogP contribution is 2.35. The van der Waals surface area contributed by atoms with E-state index >= 15 is 0 Å². The fourth-order valence-corrected chi connectivity index (χ4v) is 4.59. The Hall–Kier alpha value is -1.81. The van der Waals surface area contributed by atoms with E-state index in [4.69, 9.17) is 23.2 Å². The van der Waals surface area contributed by atoms with Gasteiger partial charge in [0.2, 0.25) is 10.0 Å². The Morgan fingerprint density at radius 2 is 1.71 bits per heavy atom. The molecule has 3 rings (SSSR count). The smallest absolute Gasteiger partial charge is 0.321 e. The van der Waals surface area contributed by atoms with Crippen molar-refractivity contribution in [3.05, 3.63) is 57.6 Å². The Kier molecular flexibility index (Phi) is 5.64. The molecule has 11 heteroatoms. The van der Waals surface area contributed by atoms with Crippen LogP contribution in [0.25, 0.3) is 0 Å². The molecule has 150 valence electrons. The molecule has 1 aliphatic rings. The first kappa shape index (κ1) is 20.9. The molecule has 0 aliphatic heterocycles. The second-order valence-corrected chi connectivity index (χ2v) is 8.65. The molecule has 0 aromatic heterocycles. The maximum absolute atomic E-state index is 13.1. The highest BCUT2D eigenvalue weighted by Gasteiger charge is 2.34. The van der Waals surface area contributed by atoms with Crippen LogP contribution in [-0.4, -0.2) is 20.4 Å². The van der Waals surface area contributed by atoms with E-state index in [1.165, 1.54) is 12.1 Å². The molecule has 28 heavy (non-hydrogen) atoms. The molecule has 1 amide bonds. The summed E-state index contributed by atoms with van der Waals surface area (Å²) in [5, 5.41) is 1.72. The number of nitrogens with one attached hydrogen (secondary N) is 2. The largest absolute Gasteiger partial charge is 0.418 e. The number of rotatable bonds is 5. The van der Waals surface area contributed by atoms with Crippen molar-refractivity contribution >= 4 is 44.8 Å². The van der Waals surface area contributed by atoms with Crippen molar-refractivity contribution < 1.29 is 26.4 Å². The number of carbonyl (C=O) groups excluding carboxylic acids is 1. The fraction of sp³-hybridized carbons (Fsp3) is 0.235. The van der Waals surface area contributed by atoms with E-state index in [2.05, 4.69) is 10.0 Å². The van der Waals surface area contributed by atoms with Crippen LogP contribution in [0.2, 0.25) is 10.0 Å². The lowest BCUT2D eigenvalue weighted by Gasteiger charge is -2.15. The van der Waals surface area contributed by atoms with Gasteiger partial charge in [-0.2, -0.15) is 13.2 Å². The van der Waals surface area contributed by atoms with Crippen LogP contribution in [0.5, 0.6) is 0 Å². The van der Waals surface area contributed by atoms with E-state index in [1.807, 2.05) is 0 Å². The van der Waals surface area contributed by atoms with Gasteiger partial charge in [0, 0.05) is 6.04 Å². The summed E-state index contributed by atoms with van der Waals surface area (Å²) in [4.78, 5) is 12.1. The van der Waals surface area contributed by atoms with Crippen molar-refractivity contribution in [3.63, 3.8) is 0 Å². The van der Waals surface area contributed by atoms with Gasteiger partial charge in [-0.05, 0) is 37.1 Å². The Morgan fingerprint density at radius 1 is 1.07 bits per heavy atom. The summed E-state index contributed by atoms with van der Waals surface area (Å²) < 4.78 is 66.5. The summed E-state index contributed by atoms with van der Waals surface area (Å²) in [7, 11) is -4.01. The number of carbonyl (C=O) groups is 1. The lowest BCUT2D eigenvalue weighted by Crippen LogP contribution is -2.26. The molecule has 2 aromatic rings. The van der Waals surface area contributed by atoms with Crippen LogP contribution in [0.3, 0.4) is 0 Å². The second kappa shape index (κ2) is 7.55. The normalized spacial score (nSPS) is 14.8. The van der Waals surface area contributed by atoms with Crippen molar-refractivity contribution in [2.45, 2.75) is 30.0 Å². The lowest BCUT2D eigenvalue weighted by atomic mass is 10.1. The predicted octanol–water partition coefficient (Wildman–Crippen LogP) is 4.71. The average molecular weight is 453 g/mol. The van der Waals surface area contributed by atoms with Gasteiger partial charge >= 0.3 is 6.18 Å². The standard InChI is InChI=1S/C17H13Cl2F3N2O3S/c18-12-8-13(19)15(28(26,27)24-9-5-6-9)7-10(12)16(25)23-14-4-2-1-3-11(14)17(20,21)22/h1-4,7-9,24H,5-6H2,(H,23,25). The van der Waals surface area contributed by atoms with Gasteiger partial charge in [0.05, 0.1) is 26.9 Å². The van der Waals surface area contributed by atoms with Gasteiger partial charge in [-0.15, -0.1) is 0 Å². The minimum Gasteiger partial charge on any atom is -0.321 e. The van der Waals surface area contributed by atoms with E-state index in [-0.39, 0.29) is 26.5 Å². The van der Waals surface area contributed by atoms with Gasteiger partial charge in [0.25, 0.3) is 5.91 Å². The zero-order valence-electron chi connectivity index (χ0n) is 14.0. The van der Waals surface area contributed by atoms with Crippen molar-refractivity contribution in [3.8, 4) is 0 Å². The van der Waals surface area contributed by atoms with Gasteiger partial charge in [-0.1, -0.05) is 35.3 Å². The van der Waals surface area contributed by atoms with Crippen molar-refractivity contribution in [2.24, 2.45) is 0 Å². The molecule has 1 aliphatic carbocycles. The topological polar surface area (TPSA) is 75.3 Å². The van der Waals surface area contributed by atoms with Crippen LogP contribution in [-0.2, 0) is 16.2 Å². The maximum Gasteiger partial charge on any atom is 0.418 e. The molecule has 0 heterocycles. The van der Waals surface area contributed by atoms with Crippen molar-refractivity contribution in [1.82, 2.24) is 4.72 Å². The van der Waals surface area contributed by atoms with E-state index in [9.17, 15) is 26.4 Å². The number of anilines is 1. The number of alkyl halides is 3. The molecule has 0 saturated heterocycles. The second-order valence-electron chi connectivity index (χ2n) is 6.16. The molecule has 0 spiro atoms. The Bertz CT molecular complexity index is 1040. The number of benzene rings is 2. The van der Waals surface area contributed by atoms with Crippen LogP contribution >= 0.6 is 23.2 Å². The third-order valence-corrected chi connectivity index (χ3v) is 6.23. The average Bonchev–Trinajstić information content (AvgIpc) is 3.37. The molecule has 0 bridgehead atoms. The van der Waals surface area contributed by atoms with E-state index < -0.39 is 33.4 Å². The molecule has 5 nitrogen and oxygen atoms in total. The summed E-state index contributed by atoms with van der Waals surface area (Å²) in [6, 6.07) is 6.21. The number of sulfonamides is 1. The molecule has 1 saturated carbocycles. The first-order valence-corrected chi connectivity index (χ1v) is 10.2. The summed E-state index contributed by atoms with van der Waals surface area (Å²) >= 11 is 11.9. The zero-order chi connectivity index (χ0) is 20.7. The van der Waals surface area contributed by atoms with Crippen LogP contribution in [0.4, 0.5) is 18.9 Å². The van der Waals surface area contributed by atoms with Crippen LogP contribution in [0.15, 0.2) is 41.3 Å². The van der Waals surface area contributed by atoms with Crippen LogP contribution < -0.4 is 10.0 Å². The fourth-order valence-electron chi connectivity index (χ4n) is 2.42. The number of amides is 1. The third-order valence-electron chi connectivity index (χ3n) is 3.94. The number of hydrogen-bond acceptors (Lipinski definition) is 3. The van der Waals surface area contributed by atoms with E-state index in [0.717, 1.165) is 24.3 Å². The highest BCUT2D eigenvalue weighted by molar-refractivity contribution is 7.89. The lowest BCUT2D eigenvalue weighted by molar-refractivity contribution is -0.136. The first-order chi connectivity index (χ1) is 13.0. The van der Waals surface area contributed by atoms with Crippen molar-refractivity contribution in [2.75, 3.05) is 5.32 Å². The summed E-state index contributed by atoms with van der Waals surface area (Å²) in [6.07, 6.45) is -3.31. The van der Waals surface area contributed by atoms with Crippen LogP contribution in [0.1, 0.15) is 28.8 Å². The van der Waals surface area contributed by atoms with Gasteiger partial charge < -0.3 is 5.32 Å². The molecule has 1 fully saturated rings. The summed E-state index contributed by atoms with van der Waals surface area (Å²) in [5.74, 6) is -0.999. The highest BCUT2D eigenvalue weighted by atomic mass is 35.5. The molecule has 0 atom stereocenters. The predicted molar refractivity (Wildman–Crippen MR) is 99.2 cm³/mol. The summed E-state index contributed by atoms with van der Waals surface area (Å²) in [5.41, 5.74) is -1.84. The van der Waals surface area contributed by atoms with E-state index in [0.29, 0.717) is 12.8 Å². The monoisotopic (exact) mass is 452 g/mol. The molecule has 0 unspecified atom stereocenters. The van der Waals surface area contributed by atoms with Crippen molar-refractivity contribution in [1.29, 1.82) is 0 Å². The Morgan fingerprint density at radius 3 is 2.32 bits per heavy atom. The quantitative estimate of drug-likeness (QED) is 0.689. The zero-order valence-corrected chi connectivity index (χ0v) is 16.3. The van der Waals surface area contributed by atoms with Gasteiger partial charge in [0.15, 0.2) is 0 Å². The molecular weight excluding hydrogens is 440 g/mol. The van der Waals surface area contributed by atoms with Gasteiger partial charge in [0.1, 0.15) is 4.90 Å². The molecule has 0 radical (unpaired) electrons. The number of para-hydroxylation sites is 1. The summed E-state index contributed by atoms with van der Waals surface area (Å²) in [6.45, 7) is 0. The first-order valence-electron chi connectivity index (χ1n) is 7.98. The minimum atomic E-state index is -4.68. The Balaban J connectivity index is 1.96. The molecule has 2 N–H and O–H groups in total. The number of hydrogen-bond donors (Lipinski definition) is 2. The van der Waals surface area contributed by atoms with Gasteiger partial charge in [-0.25, -0.2) is 13.1 Å². The third kappa shape index (κ3) is 4.60. The number of halogens is 5. The Labute approximate surface area is 168 Å². The van der Waals surface area contributed by atoms with Gasteiger partial charge in [-0.3, -0.25) is 4.79 Å². The SMILES string of the molecule is O=C(Nc1ccccc1C(F)(F)F)c1cc(S(=O)(=O)NC2CC2)c(Cl)cc1Cl. The van der Waals surface area contributed by atoms with Crippen LogP contribution in [0, 0.1) is 0 Å². The minimum absolute atomic E-state index is 0.197. The van der Waals surface area contributed by atoms with E-state index in [1.54, 1.807) is 0 Å². The molecular formula is C17H13Cl2F3N2O3S. The maximum atomic E-state index is 13.1.